The normalized spacial score (nSPS) is 16.1. The topological polar surface area (TPSA) is 16.1 Å². The van der Waals surface area contributed by atoms with Gasteiger partial charge in [-0.3, -0.25) is 0 Å². The first-order valence-electron chi connectivity index (χ1n) is 4.51. The van der Waals surface area contributed by atoms with Gasteiger partial charge in [0.25, 0.3) is 0 Å². The van der Waals surface area contributed by atoms with Crippen LogP contribution in [0.4, 0.5) is 19.0 Å². The molecule has 5 heteroatoms. The number of rotatable bonds is 1. The Kier molecular flexibility index (Phi) is 2.38. The summed E-state index contributed by atoms with van der Waals surface area (Å²) in [5.41, 5.74) is -0.841. The molecule has 2 heterocycles. The molecule has 0 amide bonds. The van der Waals surface area contributed by atoms with Crippen LogP contribution >= 0.6 is 0 Å². The van der Waals surface area contributed by atoms with Gasteiger partial charge in [0.1, 0.15) is 11.5 Å². The van der Waals surface area contributed by atoms with Gasteiger partial charge in [0, 0.05) is 13.1 Å². The van der Waals surface area contributed by atoms with E-state index in [4.69, 9.17) is 0 Å². The number of alkyl halides is 3. The highest BCUT2D eigenvalue weighted by molar-refractivity contribution is 5.43. The Balaban J connectivity index is 2.26. The number of anilines is 1. The Hall–Kier alpha value is -1.52. The Bertz CT molecular complexity index is 376. The van der Waals surface area contributed by atoms with Crippen molar-refractivity contribution in [3.8, 4) is 0 Å². The molecule has 1 aromatic heterocycles. The highest BCUT2D eigenvalue weighted by atomic mass is 19.4. The molecule has 0 unspecified atom stereocenters. The van der Waals surface area contributed by atoms with Crippen LogP contribution in [0.2, 0.25) is 0 Å². The van der Waals surface area contributed by atoms with E-state index in [9.17, 15) is 13.2 Å². The fourth-order valence-corrected chi connectivity index (χ4v) is 1.42. The molecule has 2 rings (SSSR count). The zero-order chi connectivity index (χ0) is 10.9. The summed E-state index contributed by atoms with van der Waals surface area (Å²) in [6.45, 7) is 1.24. The molecule has 0 spiro atoms. The maximum absolute atomic E-state index is 12.4. The molecular formula is C10H9F3N2. The molecule has 0 aliphatic carbocycles. The number of nitrogens with zero attached hydrogens (tertiary/aromatic N) is 2. The first-order chi connectivity index (χ1) is 7.07. The fourth-order valence-electron chi connectivity index (χ4n) is 1.42. The van der Waals surface area contributed by atoms with Gasteiger partial charge in [0.05, 0.1) is 0 Å². The summed E-state index contributed by atoms with van der Waals surface area (Å²) < 4.78 is 37.1. The number of hydrogen-bond acceptors (Lipinski definition) is 2. The lowest BCUT2D eigenvalue weighted by Crippen LogP contribution is -2.21. The van der Waals surface area contributed by atoms with Crippen LogP contribution in [0.15, 0.2) is 30.4 Å². The molecule has 0 atom stereocenters. The smallest absolute Gasteiger partial charge is 0.349 e. The van der Waals surface area contributed by atoms with E-state index in [0.29, 0.717) is 18.9 Å². The van der Waals surface area contributed by atoms with Gasteiger partial charge < -0.3 is 4.90 Å². The number of aromatic nitrogens is 1. The van der Waals surface area contributed by atoms with Gasteiger partial charge in [-0.15, -0.1) is 0 Å². The van der Waals surface area contributed by atoms with E-state index in [2.05, 4.69) is 4.98 Å². The van der Waals surface area contributed by atoms with Gasteiger partial charge in [-0.2, -0.15) is 13.2 Å². The molecule has 0 fully saturated rings. The van der Waals surface area contributed by atoms with Crippen molar-refractivity contribution in [1.29, 1.82) is 0 Å². The van der Waals surface area contributed by atoms with Crippen molar-refractivity contribution in [2.75, 3.05) is 18.0 Å². The molecular weight excluding hydrogens is 205 g/mol. The van der Waals surface area contributed by atoms with Crippen LogP contribution in [-0.4, -0.2) is 18.1 Å². The van der Waals surface area contributed by atoms with Crippen molar-refractivity contribution in [1.82, 2.24) is 4.98 Å². The number of pyridine rings is 1. The Morgan fingerprint density at radius 2 is 1.80 bits per heavy atom. The molecule has 0 saturated heterocycles. The summed E-state index contributed by atoms with van der Waals surface area (Å²) in [4.78, 5) is 5.36. The van der Waals surface area contributed by atoms with Gasteiger partial charge in [-0.25, -0.2) is 4.98 Å². The molecule has 0 radical (unpaired) electrons. The van der Waals surface area contributed by atoms with E-state index < -0.39 is 11.9 Å². The lowest BCUT2D eigenvalue weighted by molar-refractivity contribution is -0.141. The van der Waals surface area contributed by atoms with Crippen molar-refractivity contribution in [2.24, 2.45) is 0 Å². The summed E-state index contributed by atoms with van der Waals surface area (Å²) in [6, 6.07) is 3.94. The van der Waals surface area contributed by atoms with E-state index in [-0.39, 0.29) is 0 Å². The van der Waals surface area contributed by atoms with Crippen molar-refractivity contribution in [3.05, 3.63) is 36.0 Å². The quantitative estimate of drug-likeness (QED) is 0.667. The van der Waals surface area contributed by atoms with Crippen LogP contribution in [0.3, 0.4) is 0 Å². The van der Waals surface area contributed by atoms with E-state index in [1.807, 2.05) is 12.2 Å². The monoisotopic (exact) mass is 214 g/mol. The third kappa shape index (κ3) is 2.11. The van der Waals surface area contributed by atoms with Gasteiger partial charge >= 0.3 is 6.18 Å². The molecule has 2 nitrogen and oxygen atoms in total. The Morgan fingerprint density at radius 1 is 1.13 bits per heavy atom. The van der Waals surface area contributed by atoms with Crippen molar-refractivity contribution in [3.63, 3.8) is 0 Å². The number of hydrogen-bond donors (Lipinski definition) is 0. The molecule has 0 saturated carbocycles. The second kappa shape index (κ2) is 3.56. The molecule has 1 aromatic rings. The Labute approximate surface area is 85.0 Å². The molecule has 1 aliphatic rings. The maximum Gasteiger partial charge on any atom is 0.433 e. The number of halogens is 3. The van der Waals surface area contributed by atoms with Crippen LogP contribution in [0.25, 0.3) is 0 Å². The molecule has 15 heavy (non-hydrogen) atoms. The zero-order valence-corrected chi connectivity index (χ0v) is 7.83. The van der Waals surface area contributed by atoms with Crippen LogP contribution in [0, 0.1) is 0 Å². The summed E-state index contributed by atoms with van der Waals surface area (Å²) >= 11 is 0. The van der Waals surface area contributed by atoms with Crippen molar-refractivity contribution < 1.29 is 13.2 Å². The third-order valence-corrected chi connectivity index (χ3v) is 2.17. The minimum atomic E-state index is -4.37. The second-order valence-corrected chi connectivity index (χ2v) is 3.26. The lowest BCUT2D eigenvalue weighted by Gasteiger charge is -2.17. The fraction of sp³-hybridized carbons (Fsp3) is 0.300. The average molecular weight is 214 g/mol. The van der Waals surface area contributed by atoms with Crippen LogP contribution in [-0.2, 0) is 6.18 Å². The molecule has 0 aromatic carbocycles. The molecule has 1 aliphatic heterocycles. The van der Waals surface area contributed by atoms with Gasteiger partial charge in [0.15, 0.2) is 0 Å². The van der Waals surface area contributed by atoms with E-state index in [1.165, 1.54) is 6.07 Å². The summed E-state index contributed by atoms with van der Waals surface area (Å²) in [6.07, 6.45) is -0.562. The highest BCUT2D eigenvalue weighted by Crippen LogP contribution is 2.29. The van der Waals surface area contributed by atoms with Gasteiger partial charge in [-0.1, -0.05) is 18.2 Å². The predicted molar refractivity (Wildman–Crippen MR) is 50.6 cm³/mol. The van der Waals surface area contributed by atoms with Crippen molar-refractivity contribution in [2.45, 2.75) is 6.18 Å². The van der Waals surface area contributed by atoms with Crippen molar-refractivity contribution >= 4 is 5.82 Å². The second-order valence-electron chi connectivity index (χ2n) is 3.26. The summed E-state index contributed by atoms with van der Waals surface area (Å²) in [5.74, 6) is 0.370. The molecule has 0 bridgehead atoms. The lowest BCUT2D eigenvalue weighted by atomic mass is 10.3. The van der Waals surface area contributed by atoms with E-state index >= 15 is 0 Å². The van der Waals surface area contributed by atoms with Crippen LogP contribution in [0.1, 0.15) is 5.69 Å². The van der Waals surface area contributed by atoms with E-state index in [0.717, 1.165) is 6.07 Å². The zero-order valence-electron chi connectivity index (χ0n) is 7.83. The predicted octanol–water partition coefficient (Wildman–Crippen LogP) is 2.48. The minimum absolute atomic E-state index is 0.370. The van der Waals surface area contributed by atoms with Gasteiger partial charge in [0.2, 0.25) is 0 Å². The first-order valence-corrected chi connectivity index (χ1v) is 4.51. The minimum Gasteiger partial charge on any atom is -0.349 e. The highest BCUT2D eigenvalue weighted by Gasteiger charge is 2.32. The standard InChI is InChI=1S/C10H9F3N2/c11-10(12,13)8-4-3-5-9(14-8)15-6-1-2-7-15/h1-5H,6-7H2. The van der Waals surface area contributed by atoms with Crippen LogP contribution in [0.5, 0.6) is 0 Å². The third-order valence-electron chi connectivity index (χ3n) is 2.17. The largest absolute Gasteiger partial charge is 0.433 e. The van der Waals surface area contributed by atoms with E-state index in [1.54, 1.807) is 11.0 Å². The summed E-state index contributed by atoms with van der Waals surface area (Å²) in [5, 5.41) is 0. The SMILES string of the molecule is FC(F)(F)c1cccc(N2CC=CC2)n1. The molecule has 0 N–H and O–H groups in total. The molecule has 80 valence electrons. The summed E-state index contributed by atoms with van der Waals surface area (Å²) in [7, 11) is 0. The maximum atomic E-state index is 12.4. The van der Waals surface area contributed by atoms with Gasteiger partial charge in [-0.05, 0) is 12.1 Å². The Morgan fingerprint density at radius 3 is 2.40 bits per heavy atom. The average Bonchev–Trinajstić information content (AvgIpc) is 2.69. The first kappa shape index (κ1) is 10.0. The van der Waals surface area contributed by atoms with Crippen LogP contribution < -0.4 is 4.90 Å².